The predicted octanol–water partition coefficient (Wildman–Crippen LogP) is 2.18. The van der Waals surface area contributed by atoms with Gasteiger partial charge < -0.3 is 11.7 Å². The molecule has 0 aromatic heterocycles. The van der Waals surface area contributed by atoms with E-state index in [1.165, 1.54) is 0 Å². The molecule has 1 N–H and O–H groups in total. The molecule has 0 radical (unpaired) electrons. The molecule has 0 rings (SSSR count). The van der Waals surface area contributed by atoms with E-state index in [2.05, 4.69) is 13.2 Å². The monoisotopic (exact) mass is 392 g/mol. The number of halogens is 3. The largest absolute Gasteiger partial charge is 0.487 e. The maximum absolute atomic E-state index is 10.4. The smallest absolute Gasteiger partial charge is 0.262 e. The van der Waals surface area contributed by atoms with Crippen LogP contribution < -0.4 is 0 Å². The zero-order chi connectivity index (χ0) is 7.15. The molecule has 0 heterocycles. The van der Waals surface area contributed by atoms with Gasteiger partial charge in [0.15, 0.2) is 0 Å². The molecule has 0 amide bonds. The Morgan fingerprint density at radius 1 is 1.33 bits per heavy atom. The molecule has 0 aromatic carbocycles. The van der Waals surface area contributed by atoms with E-state index in [1.807, 2.05) is 0 Å². The van der Waals surface area contributed by atoms with Crippen LogP contribution in [0.4, 0.5) is 13.2 Å². The summed E-state index contributed by atoms with van der Waals surface area (Å²) < 4.78 is 30.4. The van der Waals surface area contributed by atoms with Crippen molar-refractivity contribution in [2.45, 2.75) is 0 Å². The Labute approximate surface area is 44.8 Å². The topological polar surface area (TPSA) is 20.2 Å². The van der Waals surface area contributed by atoms with Gasteiger partial charge in [-0.1, -0.05) is 0 Å². The van der Waals surface area contributed by atoms with Crippen LogP contribution in [0, 0.1) is 6.58 Å². The first-order valence-electron chi connectivity index (χ1n) is 1.43. The molecule has 0 spiro atoms. The minimum Gasteiger partial charge on any atom is -0.487 e. The second-order valence-electron chi connectivity index (χ2n) is 0.666. The van der Waals surface area contributed by atoms with Crippen LogP contribution in [-0.4, -0.2) is 5.11 Å². The summed E-state index contributed by atoms with van der Waals surface area (Å²) in [6.07, 6.45) is -2.08. The number of hydrogen-bond donors (Lipinski definition) is 1. The van der Waals surface area contributed by atoms with Crippen LogP contribution in [0.15, 0.2) is 18.7 Å². The van der Waals surface area contributed by atoms with E-state index in [1.54, 1.807) is 0 Å². The first kappa shape index (κ1) is 15.7. The molecule has 0 atom stereocenters. The van der Waals surface area contributed by atoms with Crippen molar-refractivity contribution in [1.82, 2.24) is 0 Å². The summed E-state index contributed by atoms with van der Waals surface area (Å²) in [6.45, 7) is 6.14. The molecule has 0 aromatic rings. The van der Waals surface area contributed by atoms with Gasteiger partial charge in [0.2, 0.25) is 0 Å². The maximum atomic E-state index is 10.4. The molecular formula is C4H4F3ORf-. The van der Waals surface area contributed by atoms with Crippen molar-refractivity contribution >= 4 is 0 Å². The zero-order valence-corrected chi connectivity index (χ0v) is 11.0. The van der Waals surface area contributed by atoms with Crippen LogP contribution in [0.25, 0.3) is 0 Å². The van der Waals surface area contributed by atoms with Crippen molar-refractivity contribution in [2.75, 3.05) is 0 Å². The molecule has 0 fully saturated rings. The molecule has 1 nitrogen and oxygen atoms in total. The summed E-state index contributed by atoms with van der Waals surface area (Å²) in [6, 6.07) is -1.33. The normalized spacial score (nSPS) is 5.67. The SMILES string of the molecule is C=C(O)F.[CH-]=C(F)F.[Rf]. The van der Waals surface area contributed by atoms with E-state index in [4.69, 9.17) is 5.11 Å². The summed E-state index contributed by atoms with van der Waals surface area (Å²) >= 11 is 0. The predicted molar refractivity (Wildman–Crippen MR) is 22.9 cm³/mol. The molecule has 0 saturated carbocycles. The summed E-state index contributed by atoms with van der Waals surface area (Å²) in [5.41, 5.74) is 0. The van der Waals surface area contributed by atoms with Gasteiger partial charge in [-0.25, -0.2) is 8.78 Å². The molecule has 50 valence electrons. The molecule has 5 heteroatoms. The van der Waals surface area contributed by atoms with Gasteiger partial charge in [-0.15, -0.1) is 0 Å². The Kier molecular flexibility index (Phi) is 16.5. The molecule has 9 heavy (non-hydrogen) atoms. The Balaban J connectivity index is -0.0000000720. The summed E-state index contributed by atoms with van der Waals surface area (Å²) in [5.74, 6) is 0. The number of hydrogen-bond acceptors (Lipinski definition) is 1. The third-order valence-electron chi connectivity index (χ3n) is 0. The summed E-state index contributed by atoms with van der Waals surface area (Å²) in [5, 5.41) is 7.19. The number of rotatable bonds is 0. The van der Waals surface area contributed by atoms with E-state index >= 15 is 0 Å². The number of aliphatic hydroxyl groups is 1. The van der Waals surface area contributed by atoms with Crippen LogP contribution >= 0.6 is 0 Å². The Hall–Kier alpha value is -1.93. The van der Waals surface area contributed by atoms with Crippen molar-refractivity contribution in [3.8, 4) is 0 Å². The van der Waals surface area contributed by atoms with Crippen LogP contribution in [0.5, 0.6) is 0 Å². The van der Waals surface area contributed by atoms with Gasteiger partial charge in [-0.2, -0.15) is 4.39 Å². The van der Waals surface area contributed by atoms with Crippen molar-refractivity contribution in [3.05, 3.63) is 25.3 Å². The fourth-order valence-corrected chi connectivity index (χ4v) is 0. The quantitative estimate of drug-likeness (QED) is 0.495. The van der Waals surface area contributed by atoms with Crippen molar-refractivity contribution in [1.29, 1.82) is 0 Å². The fourth-order valence-electron chi connectivity index (χ4n) is 0. The van der Waals surface area contributed by atoms with Gasteiger partial charge in [-0.3, -0.25) is 0 Å². The van der Waals surface area contributed by atoms with E-state index < -0.39 is 12.1 Å². The number of aliphatic hydroxyl groups excluding tert-OH is 1. The van der Waals surface area contributed by atoms with Gasteiger partial charge in [0.05, 0.1) is 6.08 Å². The van der Waals surface area contributed by atoms with E-state index in [-0.39, 0.29) is 0 Å². The van der Waals surface area contributed by atoms with Gasteiger partial charge in [0, 0.05) is 0 Å². The Morgan fingerprint density at radius 2 is 1.33 bits per heavy atom. The average molecular weight is 392 g/mol. The molecule has 0 aliphatic heterocycles. The van der Waals surface area contributed by atoms with Crippen molar-refractivity contribution < 1.29 is 18.3 Å². The summed E-state index contributed by atoms with van der Waals surface area (Å²) in [4.78, 5) is 0. The molecule has 0 unspecified atom stereocenters. The fraction of sp³-hybridized carbons (Fsp3) is 0. The van der Waals surface area contributed by atoms with Crippen LogP contribution in [-0.2, 0) is 0 Å². The van der Waals surface area contributed by atoms with E-state index in [0.29, 0.717) is 0 Å². The minimum absolute atomic E-state index is 0. The maximum Gasteiger partial charge on any atom is 0.262 e. The van der Waals surface area contributed by atoms with E-state index in [9.17, 15) is 13.2 Å². The molecule has 0 saturated heterocycles. The van der Waals surface area contributed by atoms with Crippen LogP contribution in [0.2, 0.25) is 0 Å². The molecule has 0 bridgehead atoms. The standard InChI is InChI=1S/C2HF2.C2H3FO.Rf/c2*1-2(3)4;/h1H;4H,1H2;/q-1;;. The summed E-state index contributed by atoms with van der Waals surface area (Å²) in [7, 11) is 0. The van der Waals surface area contributed by atoms with Gasteiger partial charge in [0.25, 0.3) is 6.01 Å². The first-order chi connectivity index (χ1) is 3.46. The third-order valence-corrected chi connectivity index (χ3v) is 0. The molecular weight excluding hydrogens is 388 g/mol. The van der Waals surface area contributed by atoms with Crippen LogP contribution in [0.3, 0.4) is 0 Å². The second-order valence-corrected chi connectivity index (χ2v) is 0.666. The minimum atomic E-state index is -2.08. The average Bonchev–Trinajstić information content (AvgIpc) is 1.25. The van der Waals surface area contributed by atoms with E-state index in [0.717, 1.165) is 0 Å². The van der Waals surface area contributed by atoms with Gasteiger partial charge >= 0.3 is 0 Å². The third kappa shape index (κ3) is 27.0. The Bertz CT molecular complexity index is 73.8. The van der Waals surface area contributed by atoms with Crippen molar-refractivity contribution in [2.24, 2.45) is 0 Å². The second kappa shape index (κ2) is 9.42. The zero-order valence-electron chi connectivity index (χ0n) is 4.57. The Morgan fingerprint density at radius 3 is 1.33 bits per heavy atom. The van der Waals surface area contributed by atoms with Crippen molar-refractivity contribution in [3.63, 3.8) is 0 Å². The van der Waals surface area contributed by atoms with Crippen LogP contribution in [0.1, 0.15) is 0 Å². The molecule has 0 aliphatic rings. The first-order valence-corrected chi connectivity index (χ1v) is 1.43. The van der Waals surface area contributed by atoms with Gasteiger partial charge in [0.1, 0.15) is 0 Å². The van der Waals surface area contributed by atoms with Gasteiger partial charge in [-0.05, 0) is 6.58 Å². The molecule has 0 aliphatic carbocycles.